The molecule has 4 rings (SSSR count). The van der Waals surface area contributed by atoms with E-state index in [4.69, 9.17) is 4.74 Å². The second kappa shape index (κ2) is 7.41. The van der Waals surface area contributed by atoms with Gasteiger partial charge in [0.25, 0.3) is 0 Å². The molecule has 1 aliphatic heterocycles. The highest BCUT2D eigenvalue weighted by Crippen LogP contribution is 2.45. The Hall–Kier alpha value is -2.64. The zero-order valence-electron chi connectivity index (χ0n) is 15.2. The van der Waals surface area contributed by atoms with Crippen molar-refractivity contribution in [3.8, 4) is 5.75 Å². The minimum Gasteiger partial charge on any atom is -0.494 e. The molecule has 3 aromatic rings. The first-order valence-electron chi connectivity index (χ1n) is 8.95. The van der Waals surface area contributed by atoms with E-state index in [1.807, 2.05) is 31.2 Å². The third kappa shape index (κ3) is 3.31. The highest BCUT2D eigenvalue weighted by atomic mass is 32.2. The lowest BCUT2D eigenvalue weighted by atomic mass is 9.90. The van der Waals surface area contributed by atoms with Gasteiger partial charge in [0.2, 0.25) is 15.7 Å². The topological polar surface area (TPSA) is 72.5 Å². The van der Waals surface area contributed by atoms with Crippen LogP contribution in [0.25, 0.3) is 0 Å². The van der Waals surface area contributed by atoms with E-state index in [1.165, 1.54) is 11.3 Å². The minimum absolute atomic E-state index is 0.155. The molecule has 0 spiro atoms. The van der Waals surface area contributed by atoms with Crippen LogP contribution in [-0.4, -0.2) is 20.9 Å². The molecular weight excluding hydrogens is 394 g/mol. The van der Waals surface area contributed by atoms with Gasteiger partial charge in [-0.05, 0) is 36.8 Å². The van der Waals surface area contributed by atoms with Gasteiger partial charge in [0.15, 0.2) is 0 Å². The molecular formula is C21H19NO4S2. The number of carbonyl (C=O) groups excluding carboxylic acids is 1. The Morgan fingerprint density at radius 1 is 1.11 bits per heavy atom. The molecule has 28 heavy (non-hydrogen) atoms. The number of benzene rings is 2. The summed E-state index contributed by atoms with van der Waals surface area (Å²) in [7, 11) is -3.70. The van der Waals surface area contributed by atoms with Crippen LogP contribution in [0.4, 0.5) is 5.69 Å². The van der Waals surface area contributed by atoms with E-state index in [1.54, 1.807) is 35.7 Å². The van der Waals surface area contributed by atoms with Crippen molar-refractivity contribution in [2.45, 2.75) is 29.1 Å². The van der Waals surface area contributed by atoms with Gasteiger partial charge in [-0.15, -0.1) is 11.3 Å². The molecule has 1 aromatic heterocycles. The molecule has 1 amide bonds. The second-order valence-corrected chi connectivity index (χ2v) is 9.29. The Bertz CT molecular complexity index is 1100. The number of carbonyl (C=O) groups is 1. The van der Waals surface area contributed by atoms with Gasteiger partial charge in [-0.2, -0.15) is 0 Å². The summed E-state index contributed by atoms with van der Waals surface area (Å²) in [5.41, 5.74) is 1.37. The lowest BCUT2D eigenvalue weighted by molar-refractivity contribution is -0.116. The van der Waals surface area contributed by atoms with Crippen LogP contribution in [0, 0.1) is 0 Å². The Morgan fingerprint density at radius 2 is 1.82 bits per heavy atom. The van der Waals surface area contributed by atoms with Crippen LogP contribution in [0.3, 0.4) is 0 Å². The van der Waals surface area contributed by atoms with Crippen LogP contribution in [-0.2, 0) is 14.6 Å². The van der Waals surface area contributed by atoms with Crippen LogP contribution in [0.15, 0.2) is 69.8 Å². The molecule has 0 bridgehead atoms. The molecule has 144 valence electrons. The van der Waals surface area contributed by atoms with Crippen molar-refractivity contribution in [3.63, 3.8) is 0 Å². The Labute approximate surface area is 167 Å². The molecule has 0 fully saturated rings. The average Bonchev–Trinajstić information content (AvgIpc) is 3.13. The van der Waals surface area contributed by atoms with Crippen LogP contribution >= 0.6 is 11.3 Å². The third-order valence-electron chi connectivity index (χ3n) is 4.69. The zero-order chi connectivity index (χ0) is 19.7. The first-order valence-corrected chi connectivity index (χ1v) is 11.3. The maximum Gasteiger partial charge on any atom is 0.225 e. The Morgan fingerprint density at radius 3 is 2.50 bits per heavy atom. The number of rotatable bonds is 5. The molecule has 0 unspecified atom stereocenters. The summed E-state index contributed by atoms with van der Waals surface area (Å²) >= 11 is 1.37. The minimum atomic E-state index is -3.70. The van der Waals surface area contributed by atoms with Gasteiger partial charge in [0.05, 0.1) is 17.2 Å². The first kappa shape index (κ1) is 18.7. The number of sulfone groups is 1. The van der Waals surface area contributed by atoms with E-state index in [2.05, 4.69) is 5.32 Å². The number of thiophene rings is 1. The summed E-state index contributed by atoms with van der Waals surface area (Å²) in [6.45, 7) is 2.51. The molecule has 1 atom stereocenters. The summed E-state index contributed by atoms with van der Waals surface area (Å²) in [6.07, 6.45) is 0.284. The van der Waals surface area contributed by atoms with Gasteiger partial charge < -0.3 is 10.1 Å². The van der Waals surface area contributed by atoms with E-state index in [9.17, 15) is 13.2 Å². The number of hydrogen-bond acceptors (Lipinski definition) is 5. The SMILES string of the molecule is CCOc1ccc([C@H]2CC(=O)Nc3c(S(=O)(=O)c4ccccc4)csc32)cc1. The van der Waals surface area contributed by atoms with Crippen LogP contribution < -0.4 is 10.1 Å². The predicted octanol–water partition coefficient (Wildman–Crippen LogP) is 4.45. The number of anilines is 1. The van der Waals surface area contributed by atoms with Crippen molar-refractivity contribution in [3.05, 3.63) is 70.4 Å². The molecule has 0 saturated heterocycles. The van der Waals surface area contributed by atoms with E-state index in [-0.39, 0.29) is 28.0 Å². The quantitative estimate of drug-likeness (QED) is 0.671. The summed E-state index contributed by atoms with van der Waals surface area (Å²) in [5.74, 6) is 0.406. The highest BCUT2D eigenvalue weighted by Gasteiger charge is 2.34. The molecule has 2 aromatic carbocycles. The lowest BCUT2D eigenvalue weighted by Gasteiger charge is -2.24. The number of fused-ring (bicyclic) bond motifs is 1. The summed E-state index contributed by atoms with van der Waals surface area (Å²) in [4.78, 5) is 13.6. The largest absolute Gasteiger partial charge is 0.494 e. The molecule has 1 N–H and O–H groups in total. The molecule has 1 aliphatic rings. The molecule has 7 heteroatoms. The van der Waals surface area contributed by atoms with Gasteiger partial charge in [0.1, 0.15) is 10.6 Å². The van der Waals surface area contributed by atoms with E-state index < -0.39 is 9.84 Å². The summed E-state index contributed by atoms with van der Waals surface area (Å²) in [6, 6.07) is 15.9. The van der Waals surface area contributed by atoms with Crippen molar-refractivity contribution >= 4 is 32.8 Å². The summed E-state index contributed by atoms with van der Waals surface area (Å²) in [5, 5.41) is 4.41. The fourth-order valence-electron chi connectivity index (χ4n) is 3.36. The van der Waals surface area contributed by atoms with Gasteiger partial charge in [-0.1, -0.05) is 30.3 Å². The van der Waals surface area contributed by atoms with Crippen molar-refractivity contribution in [2.75, 3.05) is 11.9 Å². The predicted molar refractivity (Wildman–Crippen MR) is 109 cm³/mol. The molecule has 0 radical (unpaired) electrons. The van der Waals surface area contributed by atoms with E-state index in [0.29, 0.717) is 12.3 Å². The van der Waals surface area contributed by atoms with Gasteiger partial charge in [-0.3, -0.25) is 4.79 Å². The lowest BCUT2D eigenvalue weighted by Crippen LogP contribution is -2.23. The number of ether oxygens (including phenoxy) is 1. The highest BCUT2D eigenvalue weighted by molar-refractivity contribution is 7.91. The zero-order valence-corrected chi connectivity index (χ0v) is 16.8. The van der Waals surface area contributed by atoms with Crippen molar-refractivity contribution in [1.82, 2.24) is 0 Å². The summed E-state index contributed by atoms with van der Waals surface area (Å²) < 4.78 is 31.6. The smallest absolute Gasteiger partial charge is 0.225 e. The van der Waals surface area contributed by atoms with Crippen molar-refractivity contribution in [2.24, 2.45) is 0 Å². The van der Waals surface area contributed by atoms with Crippen LogP contribution in [0.2, 0.25) is 0 Å². The molecule has 0 aliphatic carbocycles. The second-order valence-electron chi connectivity index (χ2n) is 6.46. The van der Waals surface area contributed by atoms with E-state index >= 15 is 0 Å². The average molecular weight is 414 g/mol. The third-order valence-corrected chi connectivity index (χ3v) is 7.73. The van der Waals surface area contributed by atoms with Crippen LogP contribution in [0.5, 0.6) is 5.75 Å². The molecule has 0 saturated carbocycles. The van der Waals surface area contributed by atoms with Crippen molar-refractivity contribution in [1.29, 1.82) is 0 Å². The standard InChI is InChI=1S/C21H19NO4S2/c1-2-26-15-10-8-14(9-11-15)17-12-19(23)22-20-18(13-27-21(17)20)28(24,25)16-6-4-3-5-7-16/h3-11,13,17H,2,12H2,1H3,(H,22,23)/t17-/m1/s1. The monoisotopic (exact) mass is 413 g/mol. The number of hydrogen-bond donors (Lipinski definition) is 1. The maximum atomic E-state index is 13.1. The van der Waals surface area contributed by atoms with Gasteiger partial charge in [0, 0.05) is 22.6 Å². The van der Waals surface area contributed by atoms with Gasteiger partial charge >= 0.3 is 0 Å². The Kier molecular flexibility index (Phi) is 4.95. The molecule has 5 nitrogen and oxygen atoms in total. The Balaban J connectivity index is 1.76. The van der Waals surface area contributed by atoms with Crippen molar-refractivity contribution < 1.29 is 17.9 Å². The normalized spacial score (nSPS) is 16.3. The van der Waals surface area contributed by atoms with Gasteiger partial charge in [-0.25, -0.2) is 8.42 Å². The maximum absolute atomic E-state index is 13.1. The first-order chi connectivity index (χ1) is 13.5. The van der Waals surface area contributed by atoms with Crippen LogP contribution in [0.1, 0.15) is 29.7 Å². The fourth-order valence-corrected chi connectivity index (χ4v) is 6.29. The number of amides is 1. The molecule has 2 heterocycles. The van der Waals surface area contributed by atoms with E-state index in [0.717, 1.165) is 16.2 Å². The number of nitrogens with one attached hydrogen (secondary N) is 1. The fraction of sp³-hybridized carbons (Fsp3) is 0.190.